The molecule has 0 aliphatic heterocycles. The van der Waals surface area contributed by atoms with Gasteiger partial charge in [0, 0.05) is 4.88 Å². The van der Waals surface area contributed by atoms with Crippen LogP contribution in [0.5, 0.6) is 0 Å². The molecule has 0 radical (unpaired) electrons. The van der Waals surface area contributed by atoms with Gasteiger partial charge in [-0.15, -0.1) is 11.3 Å². The van der Waals surface area contributed by atoms with Gasteiger partial charge in [-0.3, -0.25) is 0 Å². The van der Waals surface area contributed by atoms with Crippen LogP contribution in [0.25, 0.3) is 10.2 Å². The second-order valence-corrected chi connectivity index (χ2v) is 4.59. The molecule has 0 aromatic carbocycles. The van der Waals surface area contributed by atoms with E-state index in [0.29, 0.717) is 5.82 Å². The average Bonchev–Trinajstić information content (AvgIpc) is 2.60. The number of nitrogen functional groups attached to an aromatic ring is 2. The predicted molar refractivity (Wildman–Crippen MR) is 58.3 cm³/mol. The second-order valence-electron chi connectivity index (χ2n) is 3.50. The molecule has 2 heterocycles. The topological polar surface area (TPSA) is 77.8 Å². The number of thiophene rings is 1. The second kappa shape index (κ2) is 2.57. The van der Waals surface area contributed by atoms with Crippen molar-refractivity contribution in [1.29, 1.82) is 0 Å². The lowest BCUT2D eigenvalue weighted by Gasteiger charge is -1.98. The standard InChI is InChI=1S/C9H10N4S/c10-7-6-4-2-1-3-5(4)14-8(6)13-9(11)12-7/h1-3H2,(H4,10,11,12,13). The molecule has 14 heavy (non-hydrogen) atoms. The zero-order valence-electron chi connectivity index (χ0n) is 7.58. The molecular weight excluding hydrogens is 196 g/mol. The molecule has 0 saturated carbocycles. The molecule has 0 unspecified atom stereocenters. The van der Waals surface area contributed by atoms with Gasteiger partial charge in [-0.25, -0.2) is 4.98 Å². The van der Waals surface area contributed by atoms with Gasteiger partial charge in [0.2, 0.25) is 5.95 Å². The van der Waals surface area contributed by atoms with Crippen molar-refractivity contribution in [2.24, 2.45) is 0 Å². The molecule has 4 N–H and O–H groups in total. The van der Waals surface area contributed by atoms with Crippen LogP contribution in [0.2, 0.25) is 0 Å². The largest absolute Gasteiger partial charge is 0.383 e. The van der Waals surface area contributed by atoms with E-state index >= 15 is 0 Å². The first kappa shape index (κ1) is 7.99. The number of anilines is 2. The predicted octanol–water partition coefficient (Wildman–Crippen LogP) is 1.34. The van der Waals surface area contributed by atoms with Crippen LogP contribution in [0.1, 0.15) is 16.9 Å². The Labute approximate surface area is 85.0 Å². The molecule has 0 fully saturated rings. The van der Waals surface area contributed by atoms with Gasteiger partial charge < -0.3 is 11.5 Å². The van der Waals surface area contributed by atoms with Gasteiger partial charge in [0.1, 0.15) is 10.6 Å². The van der Waals surface area contributed by atoms with Crippen LogP contribution in [0.3, 0.4) is 0 Å². The van der Waals surface area contributed by atoms with Gasteiger partial charge in [-0.05, 0) is 24.8 Å². The van der Waals surface area contributed by atoms with Crippen LogP contribution in [0, 0.1) is 0 Å². The minimum absolute atomic E-state index is 0.273. The Bertz CT molecular complexity index is 517. The number of nitrogens with zero attached hydrogens (tertiary/aromatic N) is 2. The number of hydrogen-bond donors (Lipinski definition) is 2. The summed E-state index contributed by atoms with van der Waals surface area (Å²) in [6.45, 7) is 0. The van der Waals surface area contributed by atoms with E-state index < -0.39 is 0 Å². The summed E-state index contributed by atoms with van der Waals surface area (Å²) in [5, 5.41) is 1.04. The van der Waals surface area contributed by atoms with E-state index in [0.717, 1.165) is 23.1 Å². The number of rotatable bonds is 0. The summed E-state index contributed by atoms with van der Waals surface area (Å²) in [6, 6.07) is 0. The minimum atomic E-state index is 0.273. The third kappa shape index (κ3) is 0.928. The Kier molecular flexibility index (Phi) is 1.47. The molecule has 0 saturated heterocycles. The van der Waals surface area contributed by atoms with E-state index in [1.54, 1.807) is 11.3 Å². The maximum atomic E-state index is 5.85. The normalized spacial score (nSPS) is 14.9. The van der Waals surface area contributed by atoms with Crippen molar-refractivity contribution < 1.29 is 0 Å². The van der Waals surface area contributed by atoms with E-state index in [1.165, 1.54) is 16.9 Å². The first-order valence-electron chi connectivity index (χ1n) is 4.59. The fraction of sp³-hybridized carbons (Fsp3) is 0.333. The van der Waals surface area contributed by atoms with Crippen LogP contribution >= 0.6 is 11.3 Å². The molecule has 4 nitrogen and oxygen atoms in total. The number of aromatic nitrogens is 2. The summed E-state index contributed by atoms with van der Waals surface area (Å²) in [4.78, 5) is 10.6. The van der Waals surface area contributed by atoms with Crippen LogP contribution in [-0.4, -0.2) is 9.97 Å². The van der Waals surface area contributed by atoms with Gasteiger partial charge in [-0.1, -0.05) is 0 Å². The van der Waals surface area contributed by atoms with E-state index in [9.17, 15) is 0 Å². The highest BCUT2D eigenvalue weighted by Crippen LogP contribution is 2.38. The fourth-order valence-electron chi connectivity index (χ4n) is 2.04. The monoisotopic (exact) mass is 206 g/mol. The summed E-state index contributed by atoms with van der Waals surface area (Å²) < 4.78 is 0. The quantitative estimate of drug-likeness (QED) is 0.682. The molecule has 1 aliphatic carbocycles. The van der Waals surface area contributed by atoms with Gasteiger partial charge >= 0.3 is 0 Å². The molecule has 3 rings (SSSR count). The van der Waals surface area contributed by atoms with Gasteiger partial charge in [0.15, 0.2) is 0 Å². The minimum Gasteiger partial charge on any atom is -0.383 e. The van der Waals surface area contributed by atoms with Crippen molar-refractivity contribution in [3.63, 3.8) is 0 Å². The van der Waals surface area contributed by atoms with Gasteiger partial charge in [0.05, 0.1) is 5.39 Å². The average molecular weight is 206 g/mol. The fourth-order valence-corrected chi connectivity index (χ4v) is 3.32. The zero-order chi connectivity index (χ0) is 9.71. The number of nitrogens with two attached hydrogens (primary N) is 2. The molecule has 0 atom stereocenters. The van der Waals surface area contributed by atoms with E-state index in [-0.39, 0.29) is 5.95 Å². The molecule has 1 aliphatic rings. The lowest BCUT2D eigenvalue weighted by molar-refractivity contribution is 0.917. The Hall–Kier alpha value is -1.36. The third-order valence-electron chi connectivity index (χ3n) is 2.61. The smallest absolute Gasteiger partial charge is 0.223 e. The molecule has 0 spiro atoms. The molecule has 0 bridgehead atoms. The van der Waals surface area contributed by atoms with Crippen LogP contribution in [-0.2, 0) is 12.8 Å². The molecule has 2 aromatic rings. The third-order valence-corrected chi connectivity index (χ3v) is 3.80. The van der Waals surface area contributed by atoms with Crippen molar-refractivity contribution in [3.8, 4) is 0 Å². The van der Waals surface area contributed by atoms with Crippen LogP contribution in [0.15, 0.2) is 0 Å². The number of fused-ring (bicyclic) bond motifs is 3. The SMILES string of the molecule is Nc1nc(N)c2c3c(sc2n1)CCC3. The summed E-state index contributed by atoms with van der Waals surface area (Å²) in [6.07, 6.45) is 3.48. The first-order valence-corrected chi connectivity index (χ1v) is 5.40. The van der Waals surface area contributed by atoms with Crippen LogP contribution < -0.4 is 11.5 Å². The van der Waals surface area contributed by atoms with Crippen molar-refractivity contribution >= 4 is 33.3 Å². The van der Waals surface area contributed by atoms with E-state index in [2.05, 4.69) is 9.97 Å². The van der Waals surface area contributed by atoms with Gasteiger partial charge in [-0.2, -0.15) is 4.98 Å². The van der Waals surface area contributed by atoms with Gasteiger partial charge in [0.25, 0.3) is 0 Å². The Balaban J connectivity index is 2.43. The van der Waals surface area contributed by atoms with Crippen molar-refractivity contribution in [2.75, 3.05) is 11.5 Å². The summed E-state index contributed by atoms with van der Waals surface area (Å²) in [5.41, 5.74) is 12.7. The maximum absolute atomic E-state index is 5.85. The van der Waals surface area contributed by atoms with Crippen molar-refractivity contribution in [1.82, 2.24) is 9.97 Å². The van der Waals surface area contributed by atoms with E-state index in [1.807, 2.05) is 0 Å². The Morgan fingerprint density at radius 2 is 2.00 bits per heavy atom. The highest BCUT2D eigenvalue weighted by atomic mass is 32.1. The highest BCUT2D eigenvalue weighted by Gasteiger charge is 2.20. The lowest BCUT2D eigenvalue weighted by Crippen LogP contribution is -1.99. The van der Waals surface area contributed by atoms with Crippen LogP contribution in [0.4, 0.5) is 11.8 Å². The van der Waals surface area contributed by atoms with E-state index in [4.69, 9.17) is 11.5 Å². The first-order chi connectivity index (χ1) is 6.75. The Morgan fingerprint density at radius 3 is 2.86 bits per heavy atom. The lowest BCUT2D eigenvalue weighted by atomic mass is 10.2. The van der Waals surface area contributed by atoms with Crippen molar-refractivity contribution in [3.05, 3.63) is 10.4 Å². The van der Waals surface area contributed by atoms with Crippen molar-refractivity contribution in [2.45, 2.75) is 19.3 Å². The number of hydrogen-bond acceptors (Lipinski definition) is 5. The maximum Gasteiger partial charge on any atom is 0.223 e. The molecule has 2 aromatic heterocycles. The summed E-state index contributed by atoms with van der Waals surface area (Å²) >= 11 is 1.70. The zero-order valence-corrected chi connectivity index (χ0v) is 8.40. The summed E-state index contributed by atoms with van der Waals surface area (Å²) in [7, 11) is 0. The molecular formula is C9H10N4S. The Morgan fingerprint density at radius 1 is 1.14 bits per heavy atom. The molecule has 0 amide bonds. The molecule has 5 heteroatoms. The molecule has 72 valence electrons. The number of aryl methyl sites for hydroxylation is 2. The highest BCUT2D eigenvalue weighted by molar-refractivity contribution is 7.19. The summed E-state index contributed by atoms with van der Waals surface area (Å²) in [5.74, 6) is 0.807.